The van der Waals surface area contributed by atoms with Crippen molar-refractivity contribution in [1.82, 2.24) is 20.0 Å². The largest absolute Gasteiger partial charge is 0.416 e. The molecule has 180 valence electrons. The predicted octanol–water partition coefficient (Wildman–Crippen LogP) is 3.68. The van der Waals surface area contributed by atoms with Gasteiger partial charge in [-0.25, -0.2) is 0 Å². The van der Waals surface area contributed by atoms with Crippen molar-refractivity contribution in [2.45, 2.75) is 58.4 Å². The van der Waals surface area contributed by atoms with E-state index in [-0.39, 0.29) is 11.9 Å². The molecule has 6 nitrogen and oxygen atoms in total. The van der Waals surface area contributed by atoms with Crippen LogP contribution in [0.3, 0.4) is 0 Å². The minimum atomic E-state index is -4.33. The second-order valence-electron chi connectivity index (χ2n) is 9.27. The fraction of sp³-hybridized carbons (Fsp3) is 0.583. The Labute approximate surface area is 192 Å². The molecule has 9 heteroatoms. The van der Waals surface area contributed by atoms with Gasteiger partial charge in [-0.2, -0.15) is 18.3 Å². The molecule has 1 aliphatic heterocycles. The average molecular weight is 465 g/mol. The number of carbonyl (C=O) groups excluding carboxylic acids is 1. The first-order valence-corrected chi connectivity index (χ1v) is 11.6. The number of amides is 1. The van der Waals surface area contributed by atoms with Gasteiger partial charge in [0.1, 0.15) is 0 Å². The van der Waals surface area contributed by atoms with Gasteiger partial charge in [-0.1, -0.05) is 26.0 Å². The van der Waals surface area contributed by atoms with Gasteiger partial charge in [-0.3, -0.25) is 9.48 Å². The highest BCUT2D eigenvalue weighted by atomic mass is 19.4. The molecule has 33 heavy (non-hydrogen) atoms. The van der Waals surface area contributed by atoms with Crippen LogP contribution in [0.25, 0.3) is 0 Å². The molecule has 1 aromatic carbocycles. The third kappa shape index (κ3) is 5.58. The molecule has 0 bridgehead atoms. The second-order valence-corrected chi connectivity index (χ2v) is 9.27. The number of halogens is 3. The van der Waals surface area contributed by atoms with Crippen molar-refractivity contribution in [3.8, 4) is 0 Å². The molecule has 1 saturated heterocycles. The topological polar surface area (TPSA) is 59.4 Å². The van der Waals surface area contributed by atoms with E-state index in [0.29, 0.717) is 50.9 Å². The van der Waals surface area contributed by atoms with E-state index < -0.39 is 11.7 Å². The van der Waals surface area contributed by atoms with E-state index in [1.54, 1.807) is 0 Å². The number of alkyl halides is 3. The Balaban J connectivity index is 1.48. The van der Waals surface area contributed by atoms with Crippen LogP contribution in [-0.4, -0.2) is 52.9 Å². The van der Waals surface area contributed by atoms with Crippen molar-refractivity contribution < 1.29 is 22.7 Å². The summed E-state index contributed by atoms with van der Waals surface area (Å²) in [5, 5.41) is 8.21. The molecule has 2 heterocycles. The van der Waals surface area contributed by atoms with Crippen LogP contribution >= 0.6 is 0 Å². The molecule has 1 N–H and O–H groups in total. The molecule has 2 aliphatic rings. The number of aromatic nitrogens is 2. The Morgan fingerprint density at radius 1 is 1.21 bits per heavy atom. The summed E-state index contributed by atoms with van der Waals surface area (Å²) in [5.74, 6) is 0.372. The highest BCUT2D eigenvalue weighted by Gasteiger charge is 2.32. The number of nitrogens with zero attached hydrogens (tertiary/aromatic N) is 3. The zero-order valence-electron chi connectivity index (χ0n) is 19.1. The first-order valence-electron chi connectivity index (χ1n) is 11.6. The van der Waals surface area contributed by atoms with Gasteiger partial charge in [-0.15, -0.1) is 0 Å². The van der Waals surface area contributed by atoms with Gasteiger partial charge in [0.05, 0.1) is 18.8 Å². The summed E-state index contributed by atoms with van der Waals surface area (Å²) in [6, 6.07) is 5.39. The molecule has 1 aromatic heterocycles. The van der Waals surface area contributed by atoms with Gasteiger partial charge in [0.2, 0.25) is 0 Å². The summed E-state index contributed by atoms with van der Waals surface area (Å²) in [7, 11) is 0. The van der Waals surface area contributed by atoms with E-state index in [1.807, 2.05) is 9.58 Å². The summed E-state index contributed by atoms with van der Waals surface area (Å²) in [5.41, 5.74) is 2.83. The van der Waals surface area contributed by atoms with Crippen LogP contribution in [0.4, 0.5) is 13.2 Å². The molecule has 2 aromatic rings. The third-order valence-corrected chi connectivity index (χ3v) is 6.26. The Morgan fingerprint density at radius 2 is 1.91 bits per heavy atom. The van der Waals surface area contributed by atoms with Crippen molar-refractivity contribution in [2.24, 2.45) is 5.92 Å². The average Bonchev–Trinajstić information content (AvgIpc) is 3.14. The highest BCUT2D eigenvalue weighted by molar-refractivity contribution is 5.94. The van der Waals surface area contributed by atoms with Gasteiger partial charge >= 0.3 is 6.18 Å². The zero-order valence-corrected chi connectivity index (χ0v) is 19.1. The van der Waals surface area contributed by atoms with Crippen molar-refractivity contribution in [2.75, 3.05) is 26.3 Å². The first kappa shape index (κ1) is 23.8. The monoisotopic (exact) mass is 464 g/mol. The zero-order chi connectivity index (χ0) is 23.6. The second kappa shape index (κ2) is 9.85. The van der Waals surface area contributed by atoms with Crippen molar-refractivity contribution in [3.05, 3.63) is 52.3 Å². The van der Waals surface area contributed by atoms with Gasteiger partial charge < -0.3 is 15.0 Å². The normalized spacial score (nSPS) is 19.1. The Morgan fingerprint density at radius 3 is 2.55 bits per heavy atom. The number of morpholine rings is 1. The third-order valence-electron chi connectivity index (χ3n) is 6.26. The molecular formula is C24H31F3N4O2. The van der Waals surface area contributed by atoms with Gasteiger partial charge in [0.25, 0.3) is 5.91 Å². The maximum atomic E-state index is 13.3. The molecule has 0 radical (unpaired) electrons. The van der Waals surface area contributed by atoms with Gasteiger partial charge in [0, 0.05) is 43.5 Å². The predicted molar refractivity (Wildman–Crippen MR) is 118 cm³/mol. The standard InChI is InChI=1S/C24H31F3N4O2/c1-16(2)15-31-21-8-7-19(28-14-17-3-5-18(6-4-17)24(25,26)27)13-20(21)22(29-31)23(32)30-9-11-33-12-10-30/h3-6,16,19,28H,7-15H2,1-2H3/t19-/m1/s1. The number of benzene rings is 1. The summed E-state index contributed by atoms with van der Waals surface area (Å²) in [6.45, 7) is 7.73. The maximum Gasteiger partial charge on any atom is 0.416 e. The number of fused-ring (bicyclic) bond motifs is 1. The van der Waals surface area contributed by atoms with Crippen molar-refractivity contribution >= 4 is 5.91 Å². The smallest absolute Gasteiger partial charge is 0.378 e. The molecule has 4 rings (SSSR count). The van der Waals surface area contributed by atoms with Gasteiger partial charge in [-0.05, 0) is 42.9 Å². The fourth-order valence-electron chi connectivity index (χ4n) is 4.52. The van der Waals surface area contributed by atoms with Crippen LogP contribution in [0.15, 0.2) is 24.3 Å². The lowest BCUT2D eigenvalue weighted by atomic mass is 9.90. The minimum absolute atomic E-state index is 0.0413. The van der Waals surface area contributed by atoms with E-state index in [4.69, 9.17) is 9.84 Å². The lowest BCUT2D eigenvalue weighted by molar-refractivity contribution is -0.137. The van der Waals surface area contributed by atoms with Crippen LogP contribution in [0, 0.1) is 5.92 Å². The van der Waals surface area contributed by atoms with Crippen LogP contribution in [0.2, 0.25) is 0 Å². The molecule has 0 unspecified atom stereocenters. The summed E-state index contributed by atoms with van der Waals surface area (Å²) in [6.07, 6.45) is -1.94. The summed E-state index contributed by atoms with van der Waals surface area (Å²) < 4.78 is 45.8. The van der Waals surface area contributed by atoms with E-state index in [2.05, 4.69) is 19.2 Å². The fourth-order valence-corrected chi connectivity index (χ4v) is 4.52. The van der Waals surface area contributed by atoms with Gasteiger partial charge in [0.15, 0.2) is 5.69 Å². The Bertz CT molecular complexity index is 963. The molecule has 1 amide bonds. The molecule has 1 atom stereocenters. The summed E-state index contributed by atoms with van der Waals surface area (Å²) >= 11 is 0. The molecule has 0 spiro atoms. The van der Waals surface area contributed by atoms with E-state index in [0.717, 1.165) is 48.3 Å². The number of rotatable bonds is 6. The SMILES string of the molecule is CC(C)Cn1nc(C(=O)N2CCOCC2)c2c1CC[C@@H](NCc1ccc(C(F)(F)F)cc1)C2. The molecular weight excluding hydrogens is 433 g/mol. The van der Waals surface area contributed by atoms with Crippen LogP contribution < -0.4 is 5.32 Å². The van der Waals surface area contributed by atoms with Crippen LogP contribution in [-0.2, 0) is 36.8 Å². The van der Waals surface area contributed by atoms with Crippen LogP contribution in [0.1, 0.15) is 53.1 Å². The molecule has 0 saturated carbocycles. The summed E-state index contributed by atoms with van der Waals surface area (Å²) in [4.78, 5) is 15.1. The number of nitrogens with one attached hydrogen (secondary N) is 1. The van der Waals surface area contributed by atoms with E-state index >= 15 is 0 Å². The quantitative estimate of drug-likeness (QED) is 0.709. The molecule has 1 aliphatic carbocycles. The lowest BCUT2D eigenvalue weighted by Crippen LogP contribution is -2.41. The number of carbonyl (C=O) groups is 1. The Hall–Kier alpha value is -2.39. The van der Waals surface area contributed by atoms with E-state index in [1.165, 1.54) is 12.1 Å². The van der Waals surface area contributed by atoms with Crippen molar-refractivity contribution in [3.63, 3.8) is 0 Å². The Kier molecular flexibility index (Phi) is 7.09. The number of ether oxygens (including phenoxy) is 1. The van der Waals surface area contributed by atoms with E-state index in [9.17, 15) is 18.0 Å². The van der Waals surface area contributed by atoms with Crippen LogP contribution in [0.5, 0.6) is 0 Å². The minimum Gasteiger partial charge on any atom is -0.378 e. The number of hydrogen-bond acceptors (Lipinski definition) is 4. The van der Waals surface area contributed by atoms with Crippen molar-refractivity contribution in [1.29, 1.82) is 0 Å². The molecule has 1 fully saturated rings. The maximum absolute atomic E-state index is 13.3. The highest BCUT2D eigenvalue weighted by Crippen LogP contribution is 2.30. The lowest BCUT2D eigenvalue weighted by Gasteiger charge is -2.28. The first-order chi connectivity index (χ1) is 15.7. The number of hydrogen-bond donors (Lipinski definition) is 1.